The third-order valence-electron chi connectivity index (χ3n) is 3.06. The second-order valence-electron chi connectivity index (χ2n) is 4.95. The number of morpholine rings is 1. The largest absolute Gasteiger partial charge is 0.377 e. The lowest BCUT2D eigenvalue weighted by Crippen LogP contribution is -2.55. The molecule has 0 atom stereocenters. The third-order valence-corrected chi connectivity index (χ3v) is 4.63. The van der Waals surface area contributed by atoms with E-state index in [0.29, 0.717) is 30.3 Å². The van der Waals surface area contributed by atoms with Crippen LogP contribution in [0.3, 0.4) is 0 Å². The van der Waals surface area contributed by atoms with Crippen LogP contribution in [0.5, 0.6) is 0 Å². The molecule has 0 spiro atoms. The van der Waals surface area contributed by atoms with E-state index in [1.807, 2.05) is 30.9 Å². The number of hydrogen-bond acceptors (Lipinski definition) is 2. The van der Waals surface area contributed by atoms with Crippen molar-refractivity contribution in [3.63, 3.8) is 0 Å². The summed E-state index contributed by atoms with van der Waals surface area (Å²) in [4.78, 5) is 14.3. The van der Waals surface area contributed by atoms with Gasteiger partial charge in [-0.3, -0.25) is 4.79 Å². The van der Waals surface area contributed by atoms with Gasteiger partial charge in [-0.05, 0) is 54.6 Å². The van der Waals surface area contributed by atoms with Crippen molar-refractivity contribution in [2.24, 2.45) is 0 Å². The highest BCUT2D eigenvalue weighted by molar-refractivity contribution is 14.1. The summed E-state index contributed by atoms with van der Waals surface area (Å²) in [5.74, 6) is 0.0154. The number of hydrogen-bond donors (Lipinski definition) is 0. The summed E-state index contributed by atoms with van der Waals surface area (Å²) in [5.41, 5.74) is 0.362. The molecule has 98 valence electrons. The molecule has 0 unspecified atom stereocenters. The van der Waals surface area contributed by atoms with Gasteiger partial charge in [0.25, 0.3) is 5.91 Å². The number of amides is 1. The van der Waals surface area contributed by atoms with Gasteiger partial charge in [0.1, 0.15) is 0 Å². The molecule has 1 aromatic carbocycles. The van der Waals surface area contributed by atoms with Gasteiger partial charge in [0.15, 0.2) is 0 Å². The maximum atomic E-state index is 12.5. The molecular formula is C13H15ClINO2. The van der Waals surface area contributed by atoms with Crippen molar-refractivity contribution in [1.82, 2.24) is 4.90 Å². The smallest absolute Gasteiger partial charge is 0.254 e. The molecule has 1 fully saturated rings. The van der Waals surface area contributed by atoms with Crippen LogP contribution < -0.4 is 0 Å². The van der Waals surface area contributed by atoms with Crippen LogP contribution >= 0.6 is 34.2 Å². The van der Waals surface area contributed by atoms with Gasteiger partial charge in [-0.1, -0.05) is 11.6 Å². The second kappa shape index (κ2) is 5.35. The van der Waals surface area contributed by atoms with Gasteiger partial charge < -0.3 is 9.64 Å². The fourth-order valence-corrected chi connectivity index (χ4v) is 2.54. The maximum Gasteiger partial charge on any atom is 0.254 e. The molecule has 1 aliphatic rings. The molecule has 2 rings (SSSR count). The zero-order chi connectivity index (χ0) is 13.3. The SMILES string of the molecule is CC1(C)COCCN1C(=O)c1ccc(I)c(Cl)c1. The Bertz CT molecular complexity index is 476. The summed E-state index contributed by atoms with van der Waals surface area (Å²) < 4.78 is 6.37. The molecule has 1 heterocycles. The minimum Gasteiger partial charge on any atom is -0.377 e. The van der Waals surface area contributed by atoms with Crippen LogP contribution in [0.2, 0.25) is 5.02 Å². The molecule has 0 saturated carbocycles. The Hall–Kier alpha value is -0.330. The number of benzene rings is 1. The third kappa shape index (κ3) is 2.81. The fraction of sp³-hybridized carbons (Fsp3) is 0.462. The minimum atomic E-state index is -0.273. The predicted molar refractivity (Wildman–Crippen MR) is 80.1 cm³/mol. The molecule has 1 aromatic rings. The molecule has 0 bridgehead atoms. The van der Waals surface area contributed by atoms with E-state index in [0.717, 1.165) is 3.57 Å². The first-order chi connectivity index (χ1) is 8.42. The topological polar surface area (TPSA) is 29.5 Å². The summed E-state index contributed by atoms with van der Waals surface area (Å²) in [6.07, 6.45) is 0. The summed E-state index contributed by atoms with van der Waals surface area (Å²) in [6.45, 7) is 5.80. The molecule has 0 radical (unpaired) electrons. The lowest BCUT2D eigenvalue weighted by atomic mass is 10.0. The average Bonchev–Trinajstić information content (AvgIpc) is 2.31. The first kappa shape index (κ1) is 14.1. The Balaban J connectivity index is 2.27. The minimum absolute atomic E-state index is 0.0154. The van der Waals surface area contributed by atoms with Crippen molar-refractivity contribution in [1.29, 1.82) is 0 Å². The Morgan fingerprint density at radius 1 is 1.50 bits per heavy atom. The van der Waals surface area contributed by atoms with Crippen LogP contribution in [0.15, 0.2) is 18.2 Å². The zero-order valence-electron chi connectivity index (χ0n) is 10.4. The number of halogens is 2. The van der Waals surface area contributed by atoms with Crippen LogP contribution in [0.4, 0.5) is 0 Å². The lowest BCUT2D eigenvalue weighted by molar-refractivity contribution is -0.0370. The van der Waals surface area contributed by atoms with E-state index < -0.39 is 0 Å². The Morgan fingerprint density at radius 3 is 2.83 bits per heavy atom. The molecule has 1 amide bonds. The quantitative estimate of drug-likeness (QED) is 0.701. The van der Waals surface area contributed by atoms with E-state index in [1.54, 1.807) is 6.07 Å². The van der Waals surface area contributed by atoms with Gasteiger partial charge in [0.05, 0.1) is 23.8 Å². The molecule has 0 aromatic heterocycles. The van der Waals surface area contributed by atoms with Crippen LogP contribution in [0.25, 0.3) is 0 Å². The van der Waals surface area contributed by atoms with Gasteiger partial charge in [-0.2, -0.15) is 0 Å². The first-order valence-corrected chi connectivity index (χ1v) is 7.22. The summed E-state index contributed by atoms with van der Waals surface area (Å²) >= 11 is 8.21. The highest BCUT2D eigenvalue weighted by atomic mass is 127. The van der Waals surface area contributed by atoms with E-state index in [4.69, 9.17) is 16.3 Å². The molecule has 18 heavy (non-hydrogen) atoms. The van der Waals surface area contributed by atoms with Crippen molar-refractivity contribution in [3.05, 3.63) is 32.4 Å². The lowest BCUT2D eigenvalue weighted by Gasteiger charge is -2.42. The van der Waals surface area contributed by atoms with E-state index in [9.17, 15) is 4.79 Å². The van der Waals surface area contributed by atoms with E-state index in [2.05, 4.69) is 22.6 Å². The van der Waals surface area contributed by atoms with E-state index >= 15 is 0 Å². The van der Waals surface area contributed by atoms with Crippen molar-refractivity contribution in [3.8, 4) is 0 Å². The molecular weight excluding hydrogens is 365 g/mol. The van der Waals surface area contributed by atoms with Crippen LogP contribution in [-0.4, -0.2) is 36.1 Å². The van der Waals surface area contributed by atoms with E-state index in [1.165, 1.54) is 0 Å². The molecule has 1 saturated heterocycles. The number of ether oxygens (including phenoxy) is 1. The van der Waals surface area contributed by atoms with Crippen molar-refractivity contribution in [2.45, 2.75) is 19.4 Å². The Morgan fingerprint density at radius 2 is 2.22 bits per heavy atom. The molecule has 5 heteroatoms. The van der Waals surface area contributed by atoms with Crippen LogP contribution in [0, 0.1) is 3.57 Å². The zero-order valence-corrected chi connectivity index (χ0v) is 13.3. The summed E-state index contributed by atoms with van der Waals surface area (Å²) in [6, 6.07) is 5.42. The average molecular weight is 380 g/mol. The first-order valence-electron chi connectivity index (χ1n) is 5.76. The van der Waals surface area contributed by atoms with Gasteiger partial charge in [0.2, 0.25) is 0 Å². The van der Waals surface area contributed by atoms with Gasteiger partial charge >= 0.3 is 0 Å². The highest BCUT2D eigenvalue weighted by Gasteiger charge is 2.34. The number of carbonyl (C=O) groups excluding carboxylic acids is 1. The normalized spacial score (nSPS) is 18.8. The van der Waals surface area contributed by atoms with Gasteiger partial charge in [-0.25, -0.2) is 0 Å². The maximum absolute atomic E-state index is 12.5. The van der Waals surface area contributed by atoms with Crippen molar-refractivity contribution >= 4 is 40.1 Å². The Kier molecular flexibility index (Phi) is 4.18. The van der Waals surface area contributed by atoms with Crippen molar-refractivity contribution < 1.29 is 9.53 Å². The van der Waals surface area contributed by atoms with Crippen LogP contribution in [-0.2, 0) is 4.74 Å². The van der Waals surface area contributed by atoms with Gasteiger partial charge in [0, 0.05) is 15.7 Å². The highest BCUT2D eigenvalue weighted by Crippen LogP contribution is 2.24. The predicted octanol–water partition coefficient (Wildman–Crippen LogP) is 3.20. The molecule has 0 N–H and O–H groups in total. The number of rotatable bonds is 1. The molecule has 3 nitrogen and oxygen atoms in total. The Labute approximate surface area is 126 Å². The fourth-order valence-electron chi connectivity index (χ4n) is 2.02. The summed E-state index contributed by atoms with van der Waals surface area (Å²) in [5, 5.41) is 0.618. The molecule has 1 aliphatic heterocycles. The van der Waals surface area contributed by atoms with Crippen LogP contribution in [0.1, 0.15) is 24.2 Å². The second-order valence-corrected chi connectivity index (χ2v) is 6.52. The van der Waals surface area contributed by atoms with E-state index in [-0.39, 0.29) is 11.4 Å². The summed E-state index contributed by atoms with van der Waals surface area (Å²) in [7, 11) is 0. The monoisotopic (exact) mass is 379 g/mol. The number of nitrogens with zero attached hydrogens (tertiary/aromatic N) is 1. The standard InChI is InChI=1S/C13H15ClINO2/c1-13(2)8-18-6-5-16(13)12(17)9-3-4-11(15)10(14)7-9/h3-4,7H,5-6,8H2,1-2H3. The number of carbonyl (C=O) groups is 1. The van der Waals surface area contributed by atoms with Gasteiger partial charge in [-0.15, -0.1) is 0 Å². The van der Waals surface area contributed by atoms with Crippen molar-refractivity contribution in [2.75, 3.05) is 19.8 Å². The molecule has 0 aliphatic carbocycles.